The van der Waals surface area contributed by atoms with Crippen molar-refractivity contribution in [3.05, 3.63) is 58.3 Å². The Bertz CT molecular complexity index is 1030. The first-order valence-electron chi connectivity index (χ1n) is 7.45. The number of fused-ring (bicyclic) bond motifs is 1. The smallest absolute Gasteiger partial charge is 0.431 e. The lowest BCUT2D eigenvalue weighted by atomic mass is 10.1. The van der Waals surface area contributed by atoms with Crippen molar-refractivity contribution < 1.29 is 27.2 Å². The fraction of sp³-hybridized carbons (Fsp3) is 0.118. The van der Waals surface area contributed by atoms with Gasteiger partial charge in [-0.05, 0) is 18.2 Å². The van der Waals surface area contributed by atoms with E-state index in [1.165, 1.54) is 18.4 Å². The number of hydrogen-bond donors (Lipinski definition) is 1. The molecule has 0 atom stereocenters. The summed E-state index contributed by atoms with van der Waals surface area (Å²) in [6.45, 7) is 0. The van der Waals surface area contributed by atoms with Gasteiger partial charge in [-0.1, -0.05) is 29.8 Å². The summed E-state index contributed by atoms with van der Waals surface area (Å²) >= 11 is 7.15. The molecule has 1 N–H and O–H groups in total. The largest absolute Gasteiger partial charge is 0.461 e. The Balaban J connectivity index is 1.82. The molecule has 0 aliphatic rings. The van der Waals surface area contributed by atoms with Crippen LogP contribution >= 0.6 is 22.9 Å². The highest BCUT2D eigenvalue weighted by Crippen LogP contribution is 2.35. The Hall–Kier alpha value is -2.65. The Kier molecular flexibility index (Phi) is 5.33. The van der Waals surface area contributed by atoms with Gasteiger partial charge in [0.05, 0.1) is 17.7 Å². The second-order valence-corrected chi connectivity index (χ2v) is 6.75. The van der Waals surface area contributed by atoms with Crippen molar-refractivity contribution in [2.24, 2.45) is 5.10 Å². The zero-order chi connectivity index (χ0) is 19.6. The first-order valence-corrected chi connectivity index (χ1v) is 8.64. The molecule has 0 saturated heterocycles. The molecule has 0 fully saturated rings. The number of ketones is 1. The lowest BCUT2D eigenvalue weighted by Crippen LogP contribution is -2.30. The fourth-order valence-electron chi connectivity index (χ4n) is 2.21. The number of carbonyl (C=O) groups excluding carboxylic acids is 2. The first kappa shape index (κ1) is 19.1. The summed E-state index contributed by atoms with van der Waals surface area (Å²) in [5.41, 5.74) is 0.381. The number of benzene rings is 1. The number of nitrogens with zero attached hydrogens (tertiary/aromatic N) is 1. The van der Waals surface area contributed by atoms with Crippen LogP contribution in [0.25, 0.3) is 10.1 Å². The highest BCUT2D eigenvalue weighted by Gasteiger charge is 2.38. The molecule has 2 aromatic heterocycles. The van der Waals surface area contributed by atoms with E-state index in [2.05, 4.69) is 5.10 Å². The molecule has 5 nitrogen and oxygen atoms in total. The van der Waals surface area contributed by atoms with Crippen molar-refractivity contribution in [2.75, 3.05) is 0 Å². The Morgan fingerprint density at radius 2 is 1.93 bits per heavy atom. The van der Waals surface area contributed by atoms with Gasteiger partial charge in [-0.2, -0.15) is 18.3 Å². The highest BCUT2D eigenvalue weighted by molar-refractivity contribution is 7.21. The molecule has 0 spiro atoms. The molecule has 10 heteroatoms. The minimum Gasteiger partial charge on any atom is -0.461 e. The third-order valence-corrected chi connectivity index (χ3v) is 5.16. The van der Waals surface area contributed by atoms with Gasteiger partial charge in [0.1, 0.15) is 10.6 Å². The lowest BCUT2D eigenvalue weighted by molar-refractivity contribution is -0.0605. The number of rotatable bonds is 5. The fourth-order valence-corrected chi connectivity index (χ4v) is 3.62. The molecule has 1 aromatic carbocycles. The third-order valence-electron chi connectivity index (χ3n) is 3.48. The molecule has 0 bridgehead atoms. The predicted octanol–water partition coefficient (Wildman–Crippen LogP) is 5.07. The number of carbonyl (C=O) groups is 2. The maximum Gasteiger partial charge on any atom is 0.431 e. The van der Waals surface area contributed by atoms with Crippen LogP contribution in [0.1, 0.15) is 26.6 Å². The molecule has 0 aliphatic heterocycles. The average molecular weight is 415 g/mol. The van der Waals surface area contributed by atoms with E-state index in [0.717, 1.165) is 11.3 Å². The predicted molar refractivity (Wildman–Crippen MR) is 95.4 cm³/mol. The van der Waals surface area contributed by atoms with Gasteiger partial charge in [-0.3, -0.25) is 9.59 Å². The van der Waals surface area contributed by atoms with Gasteiger partial charge in [-0.15, -0.1) is 11.3 Å². The van der Waals surface area contributed by atoms with Crippen LogP contribution in [-0.2, 0) is 0 Å². The van der Waals surface area contributed by atoms with Crippen molar-refractivity contribution in [1.82, 2.24) is 5.43 Å². The van der Waals surface area contributed by atoms with Gasteiger partial charge in [0.2, 0.25) is 5.78 Å². The summed E-state index contributed by atoms with van der Waals surface area (Å²) in [5, 5.41) is 3.85. The number of halogens is 4. The van der Waals surface area contributed by atoms with Gasteiger partial charge < -0.3 is 4.42 Å². The minimum absolute atomic E-state index is 0.0282. The topological polar surface area (TPSA) is 71.7 Å². The van der Waals surface area contributed by atoms with Crippen LogP contribution in [0.4, 0.5) is 13.2 Å². The molecular weight excluding hydrogens is 405 g/mol. The normalized spacial score (nSPS) is 12.4. The number of furan rings is 1. The van der Waals surface area contributed by atoms with Crippen LogP contribution in [-0.4, -0.2) is 23.6 Å². The Morgan fingerprint density at radius 3 is 2.56 bits per heavy atom. The van der Waals surface area contributed by atoms with Gasteiger partial charge in [0.15, 0.2) is 5.76 Å². The van der Waals surface area contributed by atoms with Gasteiger partial charge >= 0.3 is 6.18 Å². The van der Waals surface area contributed by atoms with E-state index in [4.69, 9.17) is 16.0 Å². The van der Waals surface area contributed by atoms with Crippen LogP contribution in [0.2, 0.25) is 5.02 Å². The van der Waals surface area contributed by atoms with Crippen molar-refractivity contribution in [1.29, 1.82) is 0 Å². The number of thiophene rings is 1. The van der Waals surface area contributed by atoms with E-state index in [1.807, 2.05) is 5.43 Å². The van der Waals surface area contributed by atoms with E-state index in [-0.39, 0.29) is 15.7 Å². The molecule has 3 rings (SSSR count). The highest BCUT2D eigenvalue weighted by atomic mass is 35.5. The van der Waals surface area contributed by atoms with Crippen LogP contribution < -0.4 is 5.43 Å². The zero-order valence-corrected chi connectivity index (χ0v) is 14.9. The molecule has 140 valence electrons. The molecule has 2 heterocycles. The molecule has 1 amide bonds. The summed E-state index contributed by atoms with van der Waals surface area (Å²) in [7, 11) is 0. The number of alkyl halides is 3. The SMILES string of the molecule is O=C(C/C(=N\NC(=O)c1sc2ccccc2c1Cl)C(F)(F)F)c1ccco1. The monoisotopic (exact) mass is 414 g/mol. The second-order valence-electron chi connectivity index (χ2n) is 5.32. The summed E-state index contributed by atoms with van der Waals surface area (Å²) in [6.07, 6.45) is -4.81. The minimum atomic E-state index is -4.90. The molecule has 0 unspecified atom stereocenters. The molecule has 0 saturated carbocycles. The summed E-state index contributed by atoms with van der Waals surface area (Å²) in [5.74, 6) is -2.04. The summed E-state index contributed by atoms with van der Waals surface area (Å²) < 4.78 is 44.9. The van der Waals surface area contributed by atoms with E-state index >= 15 is 0 Å². The molecule has 3 aromatic rings. The van der Waals surface area contributed by atoms with E-state index < -0.39 is 30.0 Å². The average Bonchev–Trinajstić information content (AvgIpc) is 3.26. The maximum atomic E-state index is 13.1. The van der Waals surface area contributed by atoms with Gasteiger partial charge in [0, 0.05) is 10.1 Å². The molecule has 0 aliphatic carbocycles. The molecule has 0 radical (unpaired) electrons. The Morgan fingerprint density at radius 1 is 1.19 bits per heavy atom. The van der Waals surface area contributed by atoms with E-state index in [9.17, 15) is 22.8 Å². The van der Waals surface area contributed by atoms with Crippen molar-refractivity contribution in [3.8, 4) is 0 Å². The maximum absolute atomic E-state index is 13.1. The number of amides is 1. The van der Waals surface area contributed by atoms with Crippen LogP contribution in [0.3, 0.4) is 0 Å². The number of Topliss-reactive ketones (excluding diaryl/α,β-unsaturated/α-hetero) is 1. The molecule has 27 heavy (non-hydrogen) atoms. The van der Waals surface area contributed by atoms with Crippen LogP contribution in [0, 0.1) is 0 Å². The van der Waals surface area contributed by atoms with Gasteiger partial charge in [0.25, 0.3) is 5.91 Å². The Labute approximate surface area is 159 Å². The standard InChI is InChI=1S/C17H10ClF3N2O3S/c18-14-9-4-1-2-6-12(9)27-15(14)16(25)23-22-13(17(19,20)21)8-10(24)11-5-3-7-26-11/h1-7H,8H2,(H,23,25)/b22-13+. The second kappa shape index (κ2) is 7.53. The van der Waals surface area contributed by atoms with Crippen molar-refractivity contribution in [2.45, 2.75) is 12.6 Å². The van der Waals surface area contributed by atoms with Crippen molar-refractivity contribution >= 4 is 50.4 Å². The zero-order valence-electron chi connectivity index (χ0n) is 13.3. The van der Waals surface area contributed by atoms with Crippen molar-refractivity contribution in [3.63, 3.8) is 0 Å². The number of hydrazone groups is 1. The third kappa shape index (κ3) is 4.20. The van der Waals surface area contributed by atoms with Crippen LogP contribution in [0.15, 0.2) is 52.2 Å². The number of nitrogens with one attached hydrogen (secondary N) is 1. The van der Waals surface area contributed by atoms with E-state index in [1.54, 1.807) is 24.3 Å². The lowest BCUT2D eigenvalue weighted by Gasteiger charge is -2.09. The number of hydrogen-bond acceptors (Lipinski definition) is 5. The van der Waals surface area contributed by atoms with E-state index in [0.29, 0.717) is 10.1 Å². The van der Waals surface area contributed by atoms with Crippen LogP contribution in [0.5, 0.6) is 0 Å². The molecular formula is C17H10ClF3N2O3S. The quantitative estimate of drug-likeness (QED) is 0.360. The first-order chi connectivity index (χ1) is 12.8. The summed E-state index contributed by atoms with van der Waals surface area (Å²) in [6, 6.07) is 9.51. The van der Waals surface area contributed by atoms with Gasteiger partial charge in [-0.25, -0.2) is 5.43 Å². The summed E-state index contributed by atoms with van der Waals surface area (Å²) in [4.78, 5) is 24.1.